The van der Waals surface area contributed by atoms with Gasteiger partial charge in [0, 0.05) is 5.92 Å². The number of ketones is 1. The Labute approximate surface area is 125 Å². The van der Waals surface area contributed by atoms with E-state index in [2.05, 4.69) is 0 Å². The SMILES string of the molecule is COC(=O)[C@H]1C(=O)C(CCc2ccc(OC)cc2)C[C@@H]1C. The summed E-state index contributed by atoms with van der Waals surface area (Å²) in [5.74, 6) is -0.0507. The number of esters is 1. The third kappa shape index (κ3) is 3.43. The Hall–Kier alpha value is -1.84. The molecule has 1 aliphatic rings. The van der Waals surface area contributed by atoms with Crippen LogP contribution in [0.2, 0.25) is 0 Å². The van der Waals surface area contributed by atoms with Crippen LogP contribution in [0.4, 0.5) is 0 Å². The summed E-state index contributed by atoms with van der Waals surface area (Å²) in [5, 5.41) is 0. The molecule has 0 aromatic heterocycles. The molecule has 1 fully saturated rings. The zero-order valence-corrected chi connectivity index (χ0v) is 12.8. The molecule has 21 heavy (non-hydrogen) atoms. The fourth-order valence-corrected chi connectivity index (χ4v) is 3.10. The van der Waals surface area contributed by atoms with Gasteiger partial charge in [0.15, 0.2) is 0 Å². The van der Waals surface area contributed by atoms with Crippen LogP contribution < -0.4 is 4.74 Å². The number of aryl methyl sites for hydroxylation is 1. The van der Waals surface area contributed by atoms with Crippen LogP contribution >= 0.6 is 0 Å². The normalized spacial score (nSPS) is 24.9. The van der Waals surface area contributed by atoms with E-state index in [-0.39, 0.29) is 23.6 Å². The van der Waals surface area contributed by atoms with Crippen molar-refractivity contribution in [2.75, 3.05) is 14.2 Å². The Morgan fingerprint density at radius 1 is 1.24 bits per heavy atom. The van der Waals surface area contributed by atoms with E-state index in [0.29, 0.717) is 0 Å². The van der Waals surface area contributed by atoms with Crippen molar-refractivity contribution in [1.82, 2.24) is 0 Å². The fraction of sp³-hybridized carbons (Fsp3) is 0.529. The Morgan fingerprint density at radius 2 is 1.90 bits per heavy atom. The largest absolute Gasteiger partial charge is 0.497 e. The van der Waals surface area contributed by atoms with E-state index in [4.69, 9.17) is 9.47 Å². The van der Waals surface area contributed by atoms with Crippen LogP contribution in [-0.4, -0.2) is 26.0 Å². The van der Waals surface area contributed by atoms with Gasteiger partial charge in [-0.25, -0.2) is 0 Å². The molecule has 0 heterocycles. The first-order valence-corrected chi connectivity index (χ1v) is 7.31. The molecule has 0 saturated heterocycles. The molecule has 1 aromatic carbocycles. The van der Waals surface area contributed by atoms with Crippen LogP contribution in [0.15, 0.2) is 24.3 Å². The number of carbonyl (C=O) groups excluding carboxylic acids is 2. The maximum absolute atomic E-state index is 12.3. The second kappa shape index (κ2) is 6.74. The minimum absolute atomic E-state index is 0.0359. The summed E-state index contributed by atoms with van der Waals surface area (Å²) in [4.78, 5) is 24.0. The van der Waals surface area contributed by atoms with E-state index < -0.39 is 5.92 Å². The number of benzene rings is 1. The molecule has 1 unspecified atom stereocenters. The number of ether oxygens (including phenoxy) is 2. The van der Waals surface area contributed by atoms with Gasteiger partial charge in [-0.1, -0.05) is 19.1 Å². The molecule has 0 spiro atoms. The molecular formula is C17H22O4. The fourth-order valence-electron chi connectivity index (χ4n) is 3.10. The lowest BCUT2D eigenvalue weighted by molar-refractivity contribution is -0.150. The van der Waals surface area contributed by atoms with Crippen LogP contribution in [0.1, 0.15) is 25.3 Å². The summed E-state index contributed by atoms with van der Waals surface area (Å²) in [5.41, 5.74) is 1.18. The van der Waals surface area contributed by atoms with Gasteiger partial charge in [-0.3, -0.25) is 9.59 Å². The molecule has 4 nitrogen and oxygen atoms in total. The predicted octanol–water partition coefficient (Wildman–Crippen LogP) is 2.64. The summed E-state index contributed by atoms with van der Waals surface area (Å²) in [6, 6.07) is 7.87. The first-order chi connectivity index (χ1) is 10.1. The first kappa shape index (κ1) is 15.5. The molecule has 0 radical (unpaired) electrons. The average molecular weight is 290 g/mol. The minimum atomic E-state index is -0.573. The van der Waals surface area contributed by atoms with E-state index in [1.54, 1.807) is 7.11 Å². The second-order valence-corrected chi connectivity index (χ2v) is 5.70. The van der Waals surface area contributed by atoms with E-state index in [1.807, 2.05) is 31.2 Å². The Morgan fingerprint density at radius 3 is 2.48 bits per heavy atom. The number of hydrogen-bond donors (Lipinski definition) is 0. The molecule has 1 aromatic rings. The van der Waals surface area contributed by atoms with E-state index in [9.17, 15) is 9.59 Å². The molecule has 3 atom stereocenters. The van der Waals surface area contributed by atoms with Crippen molar-refractivity contribution < 1.29 is 19.1 Å². The van der Waals surface area contributed by atoms with Crippen molar-refractivity contribution >= 4 is 11.8 Å². The van der Waals surface area contributed by atoms with Gasteiger partial charge in [0.1, 0.15) is 17.5 Å². The second-order valence-electron chi connectivity index (χ2n) is 5.70. The van der Waals surface area contributed by atoms with Gasteiger partial charge in [0.25, 0.3) is 0 Å². The molecule has 0 bridgehead atoms. The summed E-state index contributed by atoms with van der Waals surface area (Å²) in [6.07, 6.45) is 2.39. The molecule has 1 aliphatic carbocycles. The molecule has 0 amide bonds. The lowest BCUT2D eigenvalue weighted by atomic mass is 9.95. The summed E-state index contributed by atoms with van der Waals surface area (Å²) >= 11 is 0. The van der Waals surface area contributed by atoms with Gasteiger partial charge < -0.3 is 9.47 Å². The first-order valence-electron chi connectivity index (χ1n) is 7.31. The van der Waals surface area contributed by atoms with E-state index in [1.165, 1.54) is 12.7 Å². The van der Waals surface area contributed by atoms with Crippen LogP contribution in [-0.2, 0) is 20.7 Å². The lowest BCUT2D eigenvalue weighted by Crippen LogP contribution is -2.26. The maximum Gasteiger partial charge on any atom is 0.316 e. The number of rotatable bonds is 5. The maximum atomic E-state index is 12.3. The summed E-state index contributed by atoms with van der Waals surface area (Å²) in [7, 11) is 2.98. The monoisotopic (exact) mass is 290 g/mol. The highest BCUT2D eigenvalue weighted by atomic mass is 16.5. The van der Waals surface area contributed by atoms with Crippen LogP contribution in [0.25, 0.3) is 0 Å². The van der Waals surface area contributed by atoms with Gasteiger partial charge in [-0.2, -0.15) is 0 Å². The molecule has 0 aliphatic heterocycles. The molecule has 114 valence electrons. The Kier molecular flexibility index (Phi) is 4.99. The Bertz CT molecular complexity index is 506. The number of carbonyl (C=O) groups is 2. The van der Waals surface area contributed by atoms with Crippen molar-refractivity contribution in [2.24, 2.45) is 17.8 Å². The quantitative estimate of drug-likeness (QED) is 0.618. The van der Waals surface area contributed by atoms with Crippen molar-refractivity contribution in [3.63, 3.8) is 0 Å². The van der Waals surface area contributed by atoms with Gasteiger partial charge in [-0.15, -0.1) is 0 Å². The third-order valence-corrected chi connectivity index (χ3v) is 4.33. The molecule has 1 saturated carbocycles. The van der Waals surface area contributed by atoms with Gasteiger partial charge >= 0.3 is 5.97 Å². The van der Waals surface area contributed by atoms with E-state index in [0.717, 1.165) is 25.0 Å². The number of Topliss-reactive ketones (excluding diaryl/α,β-unsaturated/α-hetero) is 1. The number of hydrogen-bond acceptors (Lipinski definition) is 4. The standard InChI is InChI=1S/C17H22O4/c1-11-10-13(16(18)15(11)17(19)21-3)7-4-12-5-8-14(20-2)9-6-12/h5-6,8-9,11,13,15H,4,7,10H2,1-3H3/t11-,13?,15+/m0/s1. The van der Waals surface area contributed by atoms with Gasteiger partial charge in [0.05, 0.1) is 14.2 Å². The van der Waals surface area contributed by atoms with Crippen molar-refractivity contribution in [2.45, 2.75) is 26.2 Å². The molecule has 0 N–H and O–H groups in total. The summed E-state index contributed by atoms with van der Waals surface area (Å²) < 4.78 is 9.86. The zero-order chi connectivity index (χ0) is 15.4. The van der Waals surface area contributed by atoms with Crippen LogP contribution in [0.3, 0.4) is 0 Å². The Balaban J connectivity index is 1.94. The van der Waals surface area contributed by atoms with E-state index >= 15 is 0 Å². The number of methoxy groups -OCH3 is 2. The highest BCUT2D eigenvalue weighted by molar-refractivity contribution is 6.02. The third-order valence-electron chi connectivity index (χ3n) is 4.33. The van der Waals surface area contributed by atoms with Crippen LogP contribution in [0, 0.1) is 17.8 Å². The average Bonchev–Trinajstić information content (AvgIpc) is 2.79. The highest BCUT2D eigenvalue weighted by Crippen LogP contribution is 2.36. The smallest absolute Gasteiger partial charge is 0.316 e. The zero-order valence-electron chi connectivity index (χ0n) is 12.8. The van der Waals surface area contributed by atoms with Crippen LogP contribution in [0.5, 0.6) is 5.75 Å². The van der Waals surface area contributed by atoms with Crippen molar-refractivity contribution in [1.29, 1.82) is 0 Å². The summed E-state index contributed by atoms with van der Waals surface area (Å²) in [6.45, 7) is 1.95. The topological polar surface area (TPSA) is 52.6 Å². The van der Waals surface area contributed by atoms with Gasteiger partial charge in [-0.05, 0) is 42.9 Å². The minimum Gasteiger partial charge on any atom is -0.497 e. The predicted molar refractivity (Wildman–Crippen MR) is 79.1 cm³/mol. The van der Waals surface area contributed by atoms with Crippen molar-refractivity contribution in [3.05, 3.63) is 29.8 Å². The highest BCUT2D eigenvalue weighted by Gasteiger charge is 2.44. The lowest BCUT2D eigenvalue weighted by Gasteiger charge is -2.10. The van der Waals surface area contributed by atoms with Crippen molar-refractivity contribution in [3.8, 4) is 5.75 Å². The molecular weight excluding hydrogens is 268 g/mol. The van der Waals surface area contributed by atoms with Gasteiger partial charge in [0.2, 0.25) is 0 Å². The molecule has 2 rings (SSSR count). The molecule has 4 heteroatoms.